The van der Waals surface area contributed by atoms with Gasteiger partial charge in [0.05, 0.1) is 17.4 Å². The van der Waals surface area contributed by atoms with E-state index in [-0.39, 0.29) is 17.2 Å². The molecule has 32 heavy (non-hydrogen) atoms. The summed E-state index contributed by atoms with van der Waals surface area (Å²) in [5, 5.41) is 14.6. The predicted octanol–water partition coefficient (Wildman–Crippen LogP) is 4.28. The number of carbonyl (C=O) groups is 2. The third kappa shape index (κ3) is 5.53. The fourth-order valence-electron chi connectivity index (χ4n) is 3.28. The van der Waals surface area contributed by atoms with Gasteiger partial charge in [-0.1, -0.05) is 41.6 Å². The van der Waals surface area contributed by atoms with Crippen LogP contribution < -0.4 is 10.6 Å². The fourth-order valence-corrected chi connectivity index (χ4v) is 4.09. The van der Waals surface area contributed by atoms with Crippen molar-refractivity contribution in [2.75, 3.05) is 11.1 Å². The summed E-state index contributed by atoms with van der Waals surface area (Å²) in [6.45, 7) is 8.20. The van der Waals surface area contributed by atoms with Crippen LogP contribution >= 0.6 is 11.8 Å². The van der Waals surface area contributed by atoms with Gasteiger partial charge in [0.1, 0.15) is 5.82 Å². The van der Waals surface area contributed by atoms with Crippen molar-refractivity contribution in [3.05, 3.63) is 70.8 Å². The lowest BCUT2D eigenvalue weighted by molar-refractivity contribution is -0.113. The maximum atomic E-state index is 13.9. The van der Waals surface area contributed by atoms with Gasteiger partial charge in [-0.2, -0.15) is 0 Å². The number of nitrogens with zero attached hydrogens (tertiary/aromatic N) is 3. The average Bonchev–Trinajstić information content (AvgIpc) is 3.17. The third-order valence-electron chi connectivity index (χ3n) is 4.90. The molecule has 0 radical (unpaired) electrons. The summed E-state index contributed by atoms with van der Waals surface area (Å²) in [5.41, 5.74) is 2.89. The Bertz CT molecular complexity index is 1130. The Labute approximate surface area is 190 Å². The van der Waals surface area contributed by atoms with Crippen LogP contribution in [0.25, 0.3) is 0 Å². The molecule has 0 saturated carbocycles. The van der Waals surface area contributed by atoms with Gasteiger partial charge in [0.25, 0.3) is 5.91 Å². The lowest BCUT2D eigenvalue weighted by Gasteiger charge is -2.15. The van der Waals surface area contributed by atoms with E-state index in [9.17, 15) is 14.0 Å². The first-order valence-electron chi connectivity index (χ1n) is 10.3. The van der Waals surface area contributed by atoms with Gasteiger partial charge in [0.15, 0.2) is 11.0 Å². The van der Waals surface area contributed by atoms with Gasteiger partial charge in [-0.05, 0) is 51.5 Å². The SMILES string of the molecule is CCn1c(SCC(=O)Nc2ccc(C)cc2C)nnc1[C@H](C)NC(=O)c1ccccc1F. The first-order valence-corrected chi connectivity index (χ1v) is 11.3. The van der Waals surface area contributed by atoms with E-state index >= 15 is 0 Å². The number of rotatable bonds is 8. The van der Waals surface area contributed by atoms with E-state index in [4.69, 9.17) is 0 Å². The van der Waals surface area contributed by atoms with Crippen molar-refractivity contribution in [2.24, 2.45) is 0 Å². The van der Waals surface area contributed by atoms with Crippen LogP contribution in [-0.4, -0.2) is 32.3 Å². The van der Waals surface area contributed by atoms with Crippen molar-refractivity contribution < 1.29 is 14.0 Å². The van der Waals surface area contributed by atoms with Crippen LogP contribution in [0, 0.1) is 19.7 Å². The largest absolute Gasteiger partial charge is 0.342 e. The van der Waals surface area contributed by atoms with Gasteiger partial charge in [-0.25, -0.2) is 4.39 Å². The van der Waals surface area contributed by atoms with Crippen LogP contribution in [0.5, 0.6) is 0 Å². The molecule has 0 unspecified atom stereocenters. The number of aryl methyl sites for hydroxylation is 2. The molecule has 2 N–H and O–H groups in total. The molecule has 0 aliphatic rings. The van der Waals surface area contributed by atoms with Crippen molar-refractivity contribution >= 4 is 29.3 Å². The second-order valence-corrected chi connectivity index (χ2v) is 8.36. The van der Waals surface area contributed by atoms with Gasteiger partial charge < -0.3 is 15.2 Å². The average molecular weight is 456 g/mol. The van der Waals surface area contributed by atoms with E-state index in [1.54, 1.807) is 13.0 Å². The molecule has 1 heterocycles. The molecule has 0 aliphatic carbocycles. The fraction of sp³-hybridized carbons (Fsp3) is 0.304. The summed E-state index contributed by atoms with van der Waals surface area (Å²) in [6, 6.07) is 11.2. The topological polar surface area (TPSA) is 88.9 Å². The predicted molar refractivity (Wildman–Crippen MR) is 123 cm³/mol. The summed E-state index contributed by atoms with van der Waals surface area (Å²) in [7, 11) is 0. The summed E-state index contributed by atoms with van der Waals surface area (Å²) >= 11 is 1.27. The summed E-state index contributed by atoms with van der Waals surface area (Å²) in [5.74, 6) is -0.547. The molecule has 2 aromatic carbocycles. The molecule has 1 atom stereocenters. The molecule has 0 fully saturated rings. The van der Waals surface area contributed by atoms with Gasteiger partial charge >= 0.3 is 0 Å². The van der Waals surface area contributed by atoms with E-state index in [1.807, 2.05) is 43.5 Å². The number of halogens is 1. The van der Waals surface area contributed by atoms with Gasteiger partial charge in [0, 0.05) is 12.2 Å². The minimum Gasteiger partial charge on any atom is -0.342 e. The molecule has 2 amide bonds. The Morgan fingerprint density at radius 1 is 1.16 bits per heavy atom. The van der Waals surface area contributed by atoms with E-state index < -0.39 is 17.8 Å². The van der Waals surface area contributed by atoms with Crippen molar-refractivity contribution in [1.82, 2.24) is 20.1 Å². The number of hydrogen-bond donors (Lipinski definition) is 2. The van der Waals surface area contributed by atoms with E-state index in [0.717, 1.165) is 16.8 Å². The van der Waals surface area contributed by atoms with Crippen LogP contribution in [0.2, 0.25) is 0 Å². The minimum absolute atomic E-state index is 0.0282. The molecule has 3 aromatic rings. The standard InChI is InChI=1S/C23H26FN5O2S/c1-5-29-21(16(4)25-22(31)17-8-6-7-9-18(17)24)27-28-23(29)32-13-20(30)26-19-11-10-14(2)12-15(19)3/h6-12,16H,5,13H2,1-4H3,(H,25,31)(H,26,30)/t16-/m0/s1. The first-order chi connectivity index (χ1) is 15.3. The first kappa shape index (κ1) is 23.5. The molecule has 9 heteroatoms. The zero-order valence-corrected chi connectivity index (χ0v) is 19.3. The Hall–Kier alpha value is -3.20. The van der Waals surface area contributed by atoms with Gasteiger partial charge in [-0.15, -0.1) is 10.2 Å². The number of anilines is 1. The summed E-state index contributed by atoms with van der Waals surface area (Å²) < 4.78 is 15.7. The number of nitrogens with one attached hydrogen (secondary N) is 2. The number of hydrogen-bond acceptors (Lipinski definition) is 5. The lowest BCUT2D eigenvalue weighted by atomic mass is 10.1. The van der Waals surface area contributed by atoms with Crippen molar-refractivity contribution in [3.8, 4) is 0 Å². The van der Waals surface area contributed by atoms with E-state index in [0.29, 0.717) is 17.5 Å². The van der Waals surface area contributed by atoms with Gasteiger partial charge in [-0.3, -0.25) is 9.59 Å². The second-order valence-electron chi connectivity index (χ2n) is 7.42. The Kier molecular flexibility index (Phi) is 7.63. The highest BCUT2D eigenvalue weighted by Gasteiger charge is 2.21. The molecule has 0 spiro atoms. The molecule has 0 aliphatic heterocycles. The quantitative estimate of drug-likeness (QED) is 0.495. The molecule has 0 saturated heterocycles. The van der Waals surface area contributed by atoms with Crippen LogP contribution in [0.1, 0.15) is 47.2 Å². The van der Waals surface area contributed by atoms with Crippen LogP contribution in [0.4, 0.5) is 10.1 Å². The third-order valence-corrected chi connectivity index (χ3v) is 5.87. The number of carbonyl (C=O) groups excluding carboxylic acids is 2. The van der Waals surface area contributed by atoms with Crippen molar-refractivity contribution in [3.63, 3.8) is 0 Å². The molecular formula is C23H26FN5O2S. The molecular weight excluding hydrogens is 429 g/mol. The zero-order chi connectivity index (χ0) is 23.3. The maximum absolute atomic E-state index is 13.9. The van der Waals surface area contributed by atoms with Crippen molar-refractivity contribution in [2.45, 2.75) is 45.4 Å². The highest BCUT2D eigenvalue weighted by Crippen LogP contribution is 2.22. The zero-order valence-electron chi connectivity index (χ0n) is 18.5. The number of benzene rings is 2. The smallest absolute Gasteiger partial charge is 0.254 e. The highest BCUT2D eigenvalue weighted by atomic mass is 32.2. The molecule has 168 valence electrons. The number of aromatic nitrogens is 3. The van der Waals surface area contributed by atoms with Crippen LogP contribution in [0.15, 0.2) is 47.6 Å². The van der Waals surface area contributed by atoms with Crippen LogP contribution in [0.3, 0.4) is 0 Å². The summed E-state index contributed by atoms with van der Waals surface area (Å²) in [6.07, 6.45) is 0. The summed E-state index contributed by atoms with van der Waals surface area (Å²) in [4.78, 5) is 24.8. The number of thioether (sulfide) groups is 1. The highest BCUT2D eigenvalue weighted by molar-refractivity contribution is 7.99. The Balaban J connectivity index is 1.64. The molecule has 3 rings (SSSR count). The molecule has 1 aromatic heterocycles. The Morgan fingerprint density at radius 2 is 1.91 bits per heavy atom. The molecule has 7 nitrogen and oxygen atoms in total. The van der Waals surface area contributed by atoms with Crippen molar-refractivity contribution in [1.29, 1.82) is 0 Å². The maximum Gasteiger partial charge on any atom is 0.254 e. The van der Waals surface area contributed by atoms with Gasteiger partial charge in [0.2, 0.25) is 5.91 Å². The Morgan fingerprint density at radius 3 is 2.59 bits per heavy atom. The molecule has 0 bridgehead atoms. The monoisotopic (exact) mass is 455 g/mol. The number of amides is 2. The van der Waals surface area contributed by atoms with E-state index in [2.05, 4.69) is 20.8 Å². The van der Waals surface area contributed by atoms with E-state index in [1.165, 1.54) is 30.0 Å². The lowest BCUT2D eigenvalue weighted by Crippen LogP contribution is -2.29. The van der Waals surface area contributed by atoms with Crippen LogP contribution in [-0.2, 0) is 11.3 Å². The normalized spacial score (nSPS) is 11.8. The second kappa shape index (κ2) is 10.4. The minimum atomic E-state index is -0.583.